The van der Waals surface area contributed by atoms with Crippen LogP contribution in [0.1, 0.15) is 51.4 Å². The van der Waals surface area contributed by atoms with Gasteiger partial charge in [-0.2, -0.15) is 0 Å². The molecule has 0 radical (unpaired) electrons. The Morgan fingerprint density at radius 3 is 1.89 bits per heavy atom. The van der Waals surface area contributed by atoms with E-state index in [0.717, 1.165) is 37.0 Å². The summed E-state index contributed by atoms with van der Waals surface area (Å²) < 4.78 is 0. The number of imide groups is 1. The zero-order chi connectivity index (χ0) is 19.0. The van der Waals surface area contributed by atoms with E-state index in [4.69, 9.17) is 0 Å². The number of fused-ring (bicyclic) bond motifs is 1. The Balaban J connectivity index is 1.09. The summed E-state index contributed by atoms with van der Waals surface area (Å²) in [6.45, 7) is 0.977. The average molecular weight is 383 g/mol. The van der Waals surface area contributed by atoms with E-state index >= 15 is 0 Å². The molecule has 2 heterocycles. The normalized spacial score (nSPS) is 44.1. The molecule has 2 saturated heterocycles. The number of likely N-dealkylation sites (tertiary alicyclic amines) is 2. The van der Waals surface area contributed by atoms with Gasteiger partial charge in [0.25, 0.3) is 0 Å². The number of allylic oxidation sites excluding steroid dienone is 2. The topological polar surface area (TPSA) is 69.7 Å². The standard InChI is InChI=1S/C22H29N3O3/c26-19-17-3-1-2-4-18(17)20(27)25(19)16-11-24(12-16)21(28)23-22-8-13-5-14(9-22)7-15(6-13)10-22/h1-2,13-18H,3-12H2,(H,23,28). The summed E-state index contributed by atoms with van der Waals surface area (Å²) in [7, 11) is 0. The van der Waals surface area contributed by atoms with Crippen LogP contribution in [0.15, 0.2) is 12.2 Å². The number of nitrogens with one attached hydrogen (secondary N) is 1. The fraction of sp³-hybridized carbons (Fsp3) is 0.773. The lowest BCUT2D eigenvalue weighted by Gasteiger charge is -2.57. The Morgan fingerprint density at radius 2 is 1.39 bits per heavy atom. The molecule has 150 valence electrons. The maximum Gasteiger partial charge on any atom is 0.317 e. The Morgan fingerprint density at radius 1 is 0.893 bits per heavy atom. The van der Waals surface area contributed by atoms with Crippen molar-refractivity contribution in [3.8, 4) is 0 Å². The molecule has 0 aromatic heterocycles. The summed E-state index contributed by atoms with van der Waals surface area (Å²) >= 11 is 0. The summed E-state index contributed by atoms with van der Waals surface area (Å²) in [6.07, 6.45) is 12.9. The van der Waals surface area contributed by atoms with Crippen molar-refractivity contribution in [2.75, 3.05) is 13.1 Å². The quantitative estimate of drug-likeness (QED) is 0.588. The molecule has 28 heavy (non-hydrogen) atoms. The van der Waals surface area contributed by atoms with Gasteiger partial charge in [0.05, 0.1) is 17.9 Å². The number of amides is 4. The van der Waals surface area contributed by atoms with Gasteiger partial charge in [-0.25, -0.2) is 4.79 Å². The van der Waals surface area contributed by atoms with Crippen LogP contribution in [0.5, 0.6) is 0 Å². The zero-order valence-electron chi connectivity index (χ0n) is 16.3. The van der Waals surface area contributed by atoms with Crippen LogP contribution in [0.3, 0.4) is 0 Å². The van der Waals surface area contributed by atoms with Gasteiger partial charge >= 0.3 is 6.03 Å². The van der Waals surface area contributed by atoms with Gasteiger partial charge < -0.3 is 10.2 Å². The molecule has 6 heteroatoms. The van der Waals surface area contributed by atoms with E-state index in [0.29, 0.717) is 25.9 Å². The van der Waals surface area contributed by atoms with Gasteiger partial charge in [0.1, 0.15) is 0 Å². The predicted molar refractivity (Wildman–Crippen MR) is 102 cm³/mol. The molecule has 4 bridgehead atoms. The van der Waals surface area contributed by atoms with Crippen molar-refractivity contribution in [2.24, 2.45) is 29.6 Å². The first kappa shape index (κ1) is 17.0. The molecule has 2 unspecified atom stereocenters. The number of carbonyl (C=O) groups excluding carboxylic acids is 3. The smallest absolute Gasteiger partial charge is 0.317 e. The van der Waals surface area contributed by atoms with E-state index in [1.54, 1.807) is 4.90 Å². The summed E-state index contributed by atoms with van der Waals surface area (Å²) in [4.78, 5) is 41.6. The molecular weight excluding hydrogens is 354 g/mol. The van der Waals surface area contributed by atoms with Gasteiger partial charge in [0.15, 0.2) is 0 Å². The largest absolute Gasteiger partial charge is 0.333 e. The lowest BCUT2D eigenvalue weighted by atomic mass is 9.53. The summed E-state index contributed by atoms with van der Waals surface area (Å²) in [5, 5.41) is 3.40. The van der Waals surface area contributed by atoms with Crippen molar-refractivity contribution in [1.82, 2.24) is 15.1 Å². The molecule has 6 fully saturated rings. The van der Waals surface area contributed by atoms with Crippen LogP contribution in [-0.2, 0) is 9.59 Å². The Bertz CT molecular complexity index is 708. The lowest BCUT2D eigenvalue weighted by molar-refractivity contribution is -0.145. The molecule has 0 spiro atoms. The Labute approximate surface area is 165 Å². The van der Waals surface area contributed by atoms with Gasteiger partial charge in [0, 0.05) is 18.6 Å². The maximum absolute atomic E-state index is 12.9. The fourth-order valence-corrected chi connectivity index (χ4v) is 7.54. The van der Waals surface area contributed by atoms with Crippen molar-refractivity contribution in [1.29, 1.82) is 0 Å². The van der Waals surface area contributed by atoms with E-state index in [1.165, 1.54) is 24.2 Å². The minimum Gasteiger partial charge on any atom is -0.333 e. The van der Waals surface area contributed by atoms with Crippen molar-refractivity contribution >= 4 is 17.8 Å². The Kier molecular flexibility index (Phi) is 3.55. The molecule has 4 saturated carbocycles. The molecule has 6 nitrogen and oxygen atoms in total. The second kappa shape index (κ2) is 5.83. The van der Waals surface area contributed by atoms with Crippen LogP contribution in [0, 0.1) is 29.6 Å². The molecule has 0 aromatic carbocycles. The zero-order valence-corrected chi connectivity index (χ0v) is 16.3. The summed E-state index contributed by atoms with van der Waals surface area (Å²) in [5.74, 6) is 2.00. The second-order valence-electron chi connectivity index (χ2n) is 10.4. The first-order chi connectivity index (χ1) is 13.5. The van der Waals surface area contributed by atoms with Gasteiger partial charge in [-0.1, -0.05) is 12.2 Å². The van der Waals surface area contributed by atoms with E-state index in [2.05, 4.69) is 5.32 Å². The van der Waals surface area contributed by atoms with E-state index in [9.17, 15) is 14.4 Å². The first-order valence-corrected chi connectivity index (χ1v) is 11.1. The van der Waals surface area contributed by atoms with Crippen molar-refractivity contribution < 1.29 is 14.4 Å². The highest BCUT2D eigenvalue weighted by Gasteiger charge is 2.54. The van der Waals surface area contributed by atoms with E-state index in [1.807, 2.05) is 12.2 Å². The highest BCUT2D eigenvalue weighted by atomic mass is 16.2. The third-order valence-corrected chi connectivity index (χ3v) is 8.47. The fourth-order valence-electron chi connectivity index (χ4n) is 7.54. The molecular formula is C22H29N3O3. The molecule has 4 amide bonds. The highest BCUT2D eigenvalue weighted by Crippen LogP contribution is 2.55. The van der Waals surface area contributed by atoms with Crippen LogP contribution < -0.4 is 5.32 Å². The minimum atomic E-state index is -0.174. The van der Waals surface area contributed by atoms with Gasteiger partial charge in [-0.3, -0.25) is 14.5 Å². The van der Waals surface area contributed by atoms with Crippen molar-refractivity contribution in [2.45, 2.75) is 62.9 Å². The molecule has 1 N–H and O–H groups in total. The maximum atomic E-state index is 12.9. The molecule has 7 rings (SSSR count). The number of rotatable bonds is 2. The van der Waals surface area contributed by atoms with Crippen molar-refractivity contribution in [3.05, 3.63) is 12.2 Å². The van der Waals surface area contributed by atoms with Crippen LogP contribution in [-0.4, -0.2) is 52.3 Å². The van der Waals surface area contributed by atoms with Crippen LogP contribution in [0.25, 0.3) is 0 Å². The lowest BCUT2D eigenvalue weighted by Crippen LogP contribution is -2.68. The van der Waals surface area contributed by atoms with E-state index < -0.39 is 0 Å². The molecule has 0 aromatic rings. The predicted octanol–water partition coefficient (Wildman–Crippen LogP) is 2.30. The number of hydrogen-bond acceptors (Lipinski definition) is 3. The number of carbonyl (C=O) groups is 3. The monoisotopic (exact) mass is 383 g/mol. The Hall–Kier alpha value is -1.85. The minimum absolute atomic E-state index is 0.0105. The van der Waals surface area contributed by atoms with Gasteiger partial charge in [0.2, 0.25) is 11.8 Å². The summed E-state index contributed by atoms with van der Waals surface area (Å²) in [6, 6.07) is -0.121. The average Bonchev–Trinajstić information content (AvgIpc) is 2.84. The van der Waals surface area contributed by atoms with Crippen molar-refractivity contribution in [3.63, 3.8) is 0 Å². The van der Waals surface area contributed by atoms with Crippen LogP contribution in [0.2, 0.25) is 0 Å². The molecule has 7 aliphatic rings. The SMILES string of the molecule is O=C(NC12CC3CC(CC(C3)C1)C2)N1CC(N2C(=O)C3CC=CCC3C2=O)C1. The van der Waals surface area contributed by atoms with Crippen LogP contribution in [0.4, 0.5) is 4.79 Å². The first-order valence-electron chi connectivity index (χ1n) is 11.1. The number of hydrogen-bond donors (Lipinski definition) is 1. The third-order valence-electron chi connectivity index (χ3n) is 8.47. The number of nitrogens with zero attached hydrogens (tertiary/aromatic N) is 2. The summed E-state index contributed by atoms with van der Waals surface area (Å²) in [5.41, 5.74) is 0.0107. The van der Waals surface area contributed by atoms with Gasteiger partial charge in [-0.05, 0) is 69.1 Å². The number of urea groups is 1. The second-order valence-corrected chi connectivity index (χ2v) is 10.4. The van der Waals surface area contributed by atoms with E-state index in [-0.39, 0.29) is 41.3 Å². The molecule has 2 aliphatic heterocycles. The molecule has 5 aliphatic carbocycles. The molecule has 2 atom stereocenters. The van der Waals surface area contributed by atoms with Gasteiger partial charge in [-0.15, -0.1) is 0 Å². The highest BCUT2D eigenvalue weighted by molar-refractivity contribution is 6.06. The van der Waals surface area contributed by atoms with Crippen LogP contribution >= 0.6 is 0 Å². The third kappa shape index (κ3) is 2.42.